The number of fused-ring (bicyclic) bond motifs is 1. The van der Waals surface area contributed by atoms with Crippen LogP contribution >= 0.6 is 12.2 Å². The number of amides is 1. The molecule has 0 unspecified atom stereocenters. The molecule has 0 saturated heterocycles. The van der Waals surface area contributed by atoms with Crippen LogP contribution in [0, 0.1) is 10.7 Å². The largest absolute Gasteiger partial charge is 0.429 e. The molecule has 4 nitrogen and oxygen atoms in total. The SMILES string of the molecule is NC(=O)c1cc(F)cc2[nH]c(=S)oc12. The molecular formula is C8H5FN2O2S. The number of nitrogens with one attached hydrogen (secondary N) is 1. The maximum Gasteiger partial charge on any atom is 0.266 e. The molecule has 2 rings (SSSR count). The summed E-state index contributed by atoms with van der Waals surface area (Å²) in [5.74, 6) is -1.33. The first kappa shape index (κ1) is 8.89. The lowest BCUT2D eigenvalue weighted by Gasteiger charge is -1.95. The highest BCUT2D eigenvalue weighted by Crippen LogP contribution is 2.19. The molecule has 0 atom stereocenters. The first-order valence-corrected chi connectivity index (χ1v) is 4.11. The van der Waals surface area contributed by atoms with Gasteiger partial charge in [-0.3, -0.25) is 4.79 Å². The Hall–Kier alpha value is -1.69. The number of rotatable bonds is 1. The highest BCUT2D eigenvalue weighted by atomic mass is 32.1. The van der Waals surface area contributed by atoms with Crippen molar-refractivity contribution in [2.24, 2.45) is 5.73 Å². The van der Waals surface area contributed by atoms with E-state index in [1.807, 2.05) is 0 Å². The zero-order valence-corrected chi connectivity index (χ0v) is 7.65. The van der Waals surface area contributed by atoms with Gasteiger partial charge in [0.2, 0.25) is 0 Å². The highest BCUT2D eigenvalue weighted by Gasteiger charge is 2.12. The quantitative estimate of drug-likeness (QED) is 0.707. The van der Waals surface area contributed by atoms with E-state index in [-0.39, 0.29) is 16.0 Å². The Balaban J connectivity index is 2.92. The molecule has 14 heavy (non-hydrogen) atoms. The van der Waals surface area contributed by atoms with Gasteiger partial charge in [-0.05, 0) is 18.3 Å². The van der Waals surface area contributed by atoms with Crippen molar-refractivity contribution in [1.82, 2.24) is 4.98 Å². The Bertz CT molecular complexity index is 572. The van der Waals surface area contributed by atoms with Crippen LogP contribution in [0.5, 0.6) is 0 Å². The van der Waals surface area contributed by atoms with E-state index >= 15 is 0 Å². The van der Waals surface area contributed by atoms with Crippen LogP contribution in [0.25, 0.3) is 11.1 Å². The Morgan fingerprint density at radius 2 is 2.29 bits per heavy atom. The van der Waals surface area contributed by atoms with E-state index in [1.165, 1.54) is 6.07 Å². The normalized spacial score (nSPS) is 10.6. The maximum atomic E-state index is 13.0. The van der Waals surface area contributed by atoms with Gasteiger partial charge in [0, 0.05) is 6.07 Å². The molecule has 72 valence electrons. The van der Waals surface area contributed by atoms with Crippen LogP contribution in [0.2, 0.25) is 0 Å². The van der Waals surface area contributed by atoms with Crippen LogP contribution in [0.4, 0.5) is 4.39 Å². The van der Waals surface area contributed by atoms with Crippen LogP contribution in [0.15, 0.2) is 16.5 Å². The van der Waals surface area contributed by atoms with E-state index < -0.39 is 11.7 Å². The average molecular weight is 212 g/mol. The van der Waals surface area contributed by atoms with Crippen LogP contribution in [-0.4, -0.2) is 10.9 Å². The minimum atomic E-state index is -0.757. The number of oxazole rings is 1. The molecule has 1 aromatic heterocycles. The van der Waals surface area contributed by atoms with Gasteiger partial charge in [-0.15, -0.1) is 0 Å². The van der Waals surface area contributed by atoms with E-state index in [2.05, 4.69) is 4.98 Å². The third kappa shape index (κ3) is 1.29. The van der Waals surface area contributed by atoms with Crippen molar-refractivity contribution in [3.8, 4) is 0 Å². The summed E-state index contributed by atoms with van der Waals surface area (Å²) in [6, 6.07) is 2.19. The zero-order chi connectivity index (χ0) is 10.3. The van der Waals surface area contributed by atoms with Gasteiger partial charge in [-0.1, -0.05) is 0 Å². The van der Waals surface area contributed by atoms with Crippen LogP contribution in [-0.2, 0) is 0 Å². The summed E-state index contributed by atoms with van der Waals surface area (Å²) >= 11 is 4.71. The molecule has 3 N–H and O–H groups in total. The Morgan fingerprint density at radius 3 is 2.93 bits per heavy atom. The second-order valence-electron chi connectivity index (χ2n) is 2.71. The zero-order valence-electron chi connectivity index (χ0n) is 6.83. The number of nitrogens with two attached hydrogens (primary N) is 1. The maximum absolute atomic E-state index is 13.0. The lowest BCUT2D eigenvalue weighted by Crippen LogP contribution is -2.11. The van der Waals surface area contributed by atoms with Gasteiger partial charge in [0.05, 0.1) is 11.1 Å². The minimum absolute atomic E-state index is 0.0210. The number of benzene rings is 1. The number of carbonyl (C=O) groups is 1. The molecule has 0 spiro atoms. The molecule has 0 fully saturated rings. The van der Waals surface area contributed by atoms with Crippen molar-refractivity contribution >= 4 is 29.2 Å². The number of primary amides is 1. The van der Waals surface area contributed by atoms with Gasteiger partial charge >= 0.3 is 0 Å². The number of aromatic nitrogens is 1. The molecular weight excluding hydrogens is 207 g/mol. The molecule has 0 saturated carbocycles. The predicted octanol–water partition coefficient (Wildman–Crippen LogP) is 1.73. The smallest absolute Gasteiger partial charge is 0.266 e. The van der Waals surface area contributed by atoms with Crippen LogP contribution in [0.3, 0.4) is 0 Å². The summed E-state index contributed by atoms with van der Waals surface area (Å²) in [7, 11) is 0. The lowest BCUT2D eigenvalue weighted by atomic mass is 10.2. The molecule has 0 bridgehead atoms. The van der Waals surface area contributed by atoms with E-state index in [1.54, 1.807) is 0 Å². The topological polar surface area (TPSA) is 72.0 Å². The molecule has 2 aromatic rings. The predicted molar refractivity (Wildman–Crippen MR) is 49.9 cm³/mol. The number of H-pyrrole nitrogens is 1. The number of hydrogen-bond acceptors (Lipinski definition) is 3. The highest BCUT2D eigenvalue weighted by molar-refractivity contribution is 7.71. The molecule has 0 aliphatic carbocycles. The number of hydrogen-bond donors (Lipinski definition) is 2. The summed E-state index contributed by atoms with van der Waals surface area (Å²) in [4.78, 5) is 13.6. The third-order valence-corrected chi connectivity index (χ3v) is 1.94. The van der Waals surface area contributed by atoms with Gasteiger partial charge in [0.15, 0.2) is 5.58 Å². The van der Waals surface area contributed by atoms with Gasteiger partial charge in [-0.2, -0.15) is 0 Å². The molecule has 1 heterocycles. The average Bonchev–Trinajstić information content (AvgIpc) is 2.42. The molecule has 6 heteroatoms. The minimum Gasteiger partial charge on any atom is -0.429 e. The lowest BCUT2D eigenvalue weighted by molar-refractivity contribution is 0.100. The van der Waals surface area contributed by atoms with Crippen molar-refractivity contribution in [2.75, 3.05) is 0 Å². The standard InChI is InChI=1S/C8H5FN2O2S/c9-3-1-4(7(10)12)6-5(2-3)11-8(14)13-6/h1-2H,(H2,10,12)(H,11,14). The van der Waals surface area contributed by atoms with E-state index in [0.717, 1.165) is 6.07 Å². The molecule has 1 amide bonds. The molecule has 0 aliphatic rings. The van der Waals surface area contributed by atoms with E-state index in [4.69, 9.17) is 22.4 Å². The summed E-state index contributed by atoms with van der Waals surface area (Å²) in [5.41, 5.74) is 5.53. The van der Waals surface area contributed by atoms with E-state index in [9.17, 15) is 9.18 Å². The van der Waals surface area contributed by atoms with Crippen LogP contribution < -0.4 is 5.73 Å². The van der Waals surface area contributed by atoms with Crippen molar-refractivity contribution in [2.45, 2.75) is 0 Å². The first-order chi connectivity index (χ1) is 6.58. The second kappa shape index (κ2) is 2.91. The monoisotopic (exact) mass is 212 g/mol. The Kier molecular flexibility index (Phi) is 1.85. The molecule has 0 aliphatic heterocycles. The van der Waals surface area contributed by atoms with Gasteiger partial charge in [0.1, 0.15) is 5.82 Å². The first-order valence-electron chi connectivity index (χ1n) is 3.70. The van der Waals surface area contributed by atoms with Crippen molar-refractivity contribution in [3.63, 3.8) is 0 Å². The van der Waals surface area contributed by atoms with E-state index in [0.29, 0.717) is 5.52 Å². The second-order valence-corrected chi connectivity index (χ2v) is 3.08. The number of carbonyl (C=O) groups excluding carboxylic acids is 1. The van der Waals surface area contributed by atoms with Crippen LogP contribution in [0.1, 0.15) is 10.4 Å². The summed E-state index contributed by atoms with van der Waals surface area (Å²) in [5, 5.41) is 0. The van der Waals surface area contributed by atoms with Crippen molar-refractivity contribution in [3.05, 3.63) is 28.4 Å². The summed E-state index contributed by atoms with van der Waals surface area (Å²) in [6.07, 6.45) is 0. The molecule has 0 radical (unpaired) electrons. The Labute approximate surface area is 82.5 Å². The molecule has 1 aromatic carbocycles. The van der Waals surface area contributed by atoms with Gasteiger partial charge in [-0.25, -0.2) is 4.39 Å². The fourth-order valence-corrected chi connectivity index (χ4v) is 1.40. The fourth-order valence-electron chi connectivity index (χ4n) is 1.21. The fraction of sp³-hybridized carbons (Fsp3) is 0. The van der Waals surface area contributed by atoms with Gasteiger partial charge < -0.3 is 15.1 Å². The van der Waals surface area contributed by atoms with Crippen molar-refractivity contribution in [1.29, 1.82) is 0 Å². The Morgan fingerprint density at radius 1 is 1.57 bits per heavy atom. The third-order valence-electron chi connectivity index (χ3n) is 1.75. The van der Waals surface area contributed by atoms with Crippen molar-refractivity contribution < 1.29 is 13.6 Å². The summed E-state index contributed by atoms with van der Waals surface area (Å²) in [6.45, 7) is 0. The number of aromatic amines is 1. The van der Waals surface area contributed by atoms with Gasteiger partial charge in [0.25, 0.3) is 10.7 Å². The summed E-state index contributed by atoms with van der Waals surface area (Å²) < 4.78 is 18.0. The number of halogens is 1.